The number of aromatic nitrogens is 4. The molecule has 0 unspecified atom stereocenters. The van der Waals surface area contributed by atoms with Gasteiger partial charge in [0.15, 0.2) is 11.5 Å². The zero-order valence-electron chi connectivity index (χ0n) is 10.4. The van der Waals surface area contributed by atoms with Crippen LogP contribution in [-0.4, -0.2) is 31.2 Å². The predicted molar refractivity (Wildman–Crippen MR) is 72.5 cm³/mol. The Bertz CT molecular complexity index is 678. The van der Waals surface area contributed by atoms with Crippen LogP contribution in [-0.2, 0) is 6.54 Å². The van der Waals surface area contributed by atoms with E-state index >= 15 is 0 Å². The molecular weight excluding hydrogens is 240 g/mol. The van der Waals surface area contributed by atoms with Gasteiger partial charge in [-0.15, -0.1) is 0 Å². The quantitative estimate of drug-likeness (QED) is 0.772. The molecule has 0 amide bonds. The van der Waals surface area contributed by atoms with Gasteiger partial charge in [-0.1, -0.05) is 30.3 Å². The summed E-state index contributed by atoms with van der Waals surface area (Å²) in [6.45, 7) is 0.870. The summed E-state index contributed by atoms with van der Waals surface area (Å²) in [5, 5.41) is 8.90. The van der Waals surface area contributed by atoms with Crippen molar-refractivity contribution >= 4 is 11.2 Å². The first-order valence-corrected chi connectivity index (χ1v) is 6.22. The van der Waals surface area contributed by atoms with E-state index in [4.69, 9.17) is 5.11 Å². The van der Waals surface area contributed by atoms with Crippen molar-refractivity contribution < 1.29 is 5.11 Å². The fourth-order valence-corrected chi connectivity index (χ4v) is 1.99. The molecule has 0 aliphatic carbocycles. The maximum atomic E-state index is 8.90. The topological polar surface area (TPSA) is 63.8 Å². The third-order valence-electron chi connectivity index (χ3n) is 2.95. The van der Waals surface area contributed by atoms with Crippen molar-refractivity contribution in [1.29, 1.82) is 0 Å². The van der Waals surface area contributed by atoms with Crippen LogP contribution in [0.3, 0.4) is 0 Å². The number of benzene rings is 1. The second kappa shape index (κ2) is 5.16. The lowest BCUT2D eigenvalue weighted by Crippen LogP contribution is -2.00. The number of imidazole rings is 1. The maximum absolute atomic E-state index is 8.90. The minimum absolute atomic E-state index is 0.163. The van der Waals surface area contributed by atoms with Crippen molar-refractivity contribution in [3.63, 3.8) is 0 Å². The molecule has 2 aromatic heterocycles. The monoisotopic (exact) mass is 254 g/mol. The lowest BCUT2D eigenvalue weighted by Gasteiger charge is -2.03. The van der Waals surface area contributed by atoms with Gasteiger partial charge in [0, 0.05) is 18.7 Å². The molecule has 0 atom stereocenters. The molecule has 0 bridgehead atoms. The van der Waals surface area contributed by atoms with Crippen LogP contribution in [0.25, 0.3) is 22.6 Å². The number of aliphatic hydroxyl groups excluding tert-OH is 1. The summed E-state index contributed by atoms with van der Waals surface area (Å²) in [7, 11) is 0. The Labute approximate surface area is 110 Å². The van der Waals surface area contributed by atoms with E-state index in [0.29, 0.717) is 18.8 Å². The highest BCUT2D eigenvalue weighted by atomic mass is 16.3. The van der Waals surface area contributed by atoms with E-state index in [2.05, 4.69) is 15.0 Å². The Balaban J connectivity index is 2.04. The summed E-state index contributed by atoms with van der Waals surface area (Å²) in [4.78, 5) is 13.2. The zero-order chi connectivity index (χ0) is 13.1. The van der Waals surface area contributed by atoms with Gasteiger partial charge in [0.05, 0.1) is 12.5 Å². The number of fused-ring (bicyclic) bond motifs is 1. The Morgan fingerprint density at radius 2 is 1.95 bits per heavy atom. The van der Waals surface area contributed by atoms with Gasteiger partial charge in [-0.25, -0.2) is 15.0 Å². The first-order valence-electron chi connectivity index (χ1n) is 6.22. The SMILES string of the molecule is OCCCn1cnc2cnc(-c3ccccc3)nc21. The van der Waals surface area contributed by atoms with Gasteiger partial charge >= 0.3 is 0 Å². The van der Waals surface area contributed by atoms with Crippen LogP contribution in [0.2, 0.25) is 0 Å². The minimum Gasteiger partial charge on any atom is -0.396 e. The van der Waals surface area contributed by atoms with Gasteiger partial charge in [0.25, 0.3) is 0 Å². The van der Waals surface area contributed by atoms with Gasteiger partial charge in [-0.05, 0) is 6.42 Å². The van der Waals surface area contributed by atoms with E-state index in [9.17, 15) is 0 Å². The summed E-state index contributed by atoms with van der Waals surface area (Å²) < 4.78 is 1.94. The molecule has 0 radical (unpaired) electrons. The Morgan fingerprint density at radius 3 is 2.74 bits per heavy atom. The molecule has 19 heavy (non-hydrogen) atoms. The van der Waals surface area contributed by atoms with Gasteiger partial charge in [0.2, 0.25) is 0 Å². The molecule has 5 heteroatoms. The maximum Gasteiger partial charge on any atom is 0.163 e. The fraction of sp³-hybridized carbons (Fsp3) is 0.214. The van der Waals surface area contributed by atoms with Crippen LogP contribution < -0.4 is 0 Å². The molecule has 0 saturated carbocycles. The average molecular weight is 254 g/mol. The van der Waals surface area contributed by atoms with Crippen molar-refractivity contribution in [2.75, 3.05) is 6.61 Å². The predicted octanol–water partition coefficient (Wildman–Crippen LogP) is 1.88. The zero-order valence-corrected chi connectivity index (χ0v) is 10.4. The lowest BCUT2D eigenvalue weighted by molar-refractivity contribution is 0.280. The molecule has 1 N–H and O–H groups in total. The summed E-state index contributed by atoms with van der Waals surface area (Å²) in [6.07, 6.45) is 4.17. The second-order valence-electron chi connectivity index (χ2n) is 4.28. The average Bonchev–Trinajstić information content (AvgIpc) is 2.88. The lowest BCUT2D eigenvalue weighted by atomic mass is 10.2. The van der Waals surface area contributed by atoms with Gasteiger partial charge in [-0.2, -0.15) is 0 Å². The van der Waals surface area contributed by atoms with Crippen molar-refractivity contribution in [2.24, 2.45) is 0 Å². The van der Waals surface area contributed by atoms with Crippen molar-refractivity contribution in [2.45, 2.75) is 13.0 Å². The molecule has 2 heterocycles. The second-order valence-corrected chi connectivity index (χ2v) is 4.28. The highest BCUT2D eigenvalue weighted by Gasteiger charge is 2.07. The fourth-order valence-electron chi connectivity index (χ4n) is 1.99. The number of hydrogen-bond acceptors (Lipinski definition) is 4. The number of nitrogens with zero attached hydrogens (tertiary/aromatic N) is 4. The van der Waals surface area contributed by atoms with Crippen LogP contribution in [0, 0.1) is 0 Å². The highest BCUT2D eigenvalue weighted by Crippen LogP contribution is 2.17. The van der Waals surface area contributed by atoms with Crippen LogP contribution in [0.5, 0.6) is 0 Å². The number of hydrogen-bond donors (Lipinski definition) is 1. The highest BCUT2D eigenvalue weighted by molar-refractivity contribution is 5.72. The molecule has 0 spiro atoms. The van der Waals surface area contributed by atoms with E-state index in [-0.39, 0.29) is 6.61 Å². The van der Waals surface area contributed by atoms with E-state index < -0.39 is 0 Å². The first kappa shape index (κ1) is 11.8. The first-order chi connectivity index (χ1) is 9.38. The number of aryl methyl sites for hydroxylation is 1. The standard InChI is InChI=1S/C14H14N4O/c19-8-4-7-18-10-16-12-9-15-13(17-14(12)18)11-5-2-1-3-6-11/h1-3,5-6,9-10,19H,4,7-8H2. The molecule has 0 saturated heterocycles. The molecule has 1 aromatic carbocycles. The summed E-state index contributed by atoms with van der Waals surface area (Å²) in [5.74, 6) is 0.693. The molecule has 3 aromatic rings. The molecule has 96 valence electrons. The van der Waals surface area contributed by atoms with Crippen LogP contribution in [0.15, 0.2) is 42.9 Å². The van der Waals surface area contributed by atoms with Crippen LogP contribution in [0.4, 0.5) is 0 Å². The van der Waals surface area contributed by atoms with Gasteiger partial charge < -0.3 is 9.67 Å². The largest absolute Gasteiger partial charge is 0.396 e. The Kier molecular flexibility index (Phi) is 3.20. The van der Waals surface area contributed by atoms with E-state index in [0.717, 1.165) is 16.7 Å². The normalized spacial score (nSPS) is 11.0. The van der Waals surface area contributed by atoms with E-state index in [1.165, 1.54) is 0 Å². The Morgan fingerprint density at radius 1 is 1.11 bits per heavy atom. The summed E-state index contributed by atoms with van der Waals surface area (Å²) in [5.41, 5.74) is 2.57. The summed E-state index contributed by atoms with van der Waals surface area (Å²) in [6, 6.07) is 9.86. The van der Waals surface area contributed by atoms with Crippen molar-refractivity contribution in [3.05, 3.63) is 42.9 Å². The molecule has 5 nitrogen and oxygen atoms in total. The smallest absolute Gasteiger partial charge is 0.163 e. The Hall–Kier alpha value is -2.27. The molecular formula is C14H14N4O. The molecule has 0 aliphatic heterocycles. The molecule has 0 fully saturated rings. The number of rotatable bonds is 4. The van der Waals surface area contributed by atoms with Crippen LogP contribution >= 0.6 is 0 Å². The van der Waals surface area contributed by atoms with E-state index in [1.807, 2.05) is 34.9 Å². The van der Waals surface area contributed by atoms with Crippen LogP contribution in [0.1, 0.15) is 6.42 Å². The van der Waals surface area contributed by atoms with Gasteiger partial charge in [0.1, 0.15) is 5.52 Å². The van der Waals surface area contributed by atoms with Crippen molar-refractivity contribution in [1.82, 2.24) is 19.5 Å². The van der Waals surface area contributed by atoms with Crippen molar-refractivity contribution in [3.8, 4) is 11.4 Å². The number of aliphatic hydroxyl groups is 1. The third-order valence-corrected chi connectivity index (χ3v) is 2.95. The van der Waals surface area contributed by atoms with E-state index in [1.54, 1.807) is 12.5 Å². The molecule has 3 rings (SSSR count). The molecule has 0 aliphatic rings. The van der Waals surface area contributed by atoms with Gasteiger partial charge in [-0.3, -0.25) is 0 Å². The minimum atomic E-state index is 0.163. The third kappa shape index (κ3) is 2.32. The summed E-state index contributed by atoms with van der Waals surface area (Å²) >= 11 is 0.